The van der Waals surface area contributed by atoms with Crippen molar-refractivity contribution in [1.29, 1.82) is 0 Å². The third kappa shape index (κ3) is 6.47. The van der Waals surface area contributed by atoms with E-state index >= 15 is 0 Å². The lowest BCUT2D eigenvalue weighted by Crippen LogP contribution is -2.34. The Labute approximate surface area is 130 Å². The van der Waals surface area contributed by atoms with Gasteiger partial charge in [0.05, 0.1) is 6.54 Å². The third-order valence-electron chi connectivity index (χ3n) is 2.91. The van der Waals surface area contributed by atoms with Crippen molar-refractivity contribution in [3.63, 3.8) is 0 Å². The average molecular weight is 300 g/mol. The average Bonchev–Trinajstić information content (AvgIpc) is 2.54. The van der Waals surface area contributed by atoms with Crippen LogP contribution in [0.1, 0.15) is 5.56 Å². The molecule has 21 heavy (non-hydrogen) atoms. The van der Waals surface area contributed by atoms with Crippen molar-refractivity contribution in [1.82, 2.24) is 10.6 Å². The highest BCUT2D eigenvalue weighted by molar-refractivity contribution is 7.99. The summed E-state index contributed by atoms with van der Waals surface area (Å²) in [6, 6.07) is 20.2. The molecule has 0 aliphatic carbocycles. The van der Waals surface area contributed by atoms with Gasteiger partial charge < -0.3 is 10.6 Å². The molecule has 0 aliphatic rings. The number of hydrogen-bond acceptors (Lipinski definition) is 3. The van der Waals surface area contributed by atoms with E-state index in [1.54, 1.807) is 11.8 Å². The summed E-state index contributed by atoms with van der Waals surface area (Å²) in [4.78, 5) is 12.9. The summed E-state index contributed by atoms with van der Waals surface area (Å²) in [5.41, 5.74) is 1.12. The van der Waals surface area contributed by atoms with Crippen LogP contribution in [0.5, 0.6) is 0 Å². The van der Waals surface area contributed by atoms with Gasteiger partial charge in [0.2, 0.25) is 5.91 Å². The number of carbonyl (C=O) groups is 1. The van der Waals surface area contributed by atoms with Crippen molar-refractivity contribution in [3.8, 4) is 0 Å². The molecule has 1 amide bonds. The van der Waals surface area contributed by atoms with Gasteiger partial charge in [0, 0.05) is 23.7 Å². The minimum absolute atomic E-state index is 0.0311. The van der Waals surface area contributed by atoms with Gasteiger partial charge in [-0.2, -0.15) is 0 Å². The number of thioether (sulfide) groups is 1. The van der Waals surface area contributed by atoms with Gasteiger partial charge in [-0.1, -0.05) is 48.5 Å². The molecule has 2 N–H and O–H groups in total. The van der Waals surface area contributed by atoms with Crippen LogP contribution in [0.4, 0.5) is 0 Å². The zero-order chi connectivity index (χ0) is 14.8. The molecule has 0 spiro atoms. The first-order chi connectivity index (χ1) is 10.3. The Morgan fingerprint density at radius 2 is 1.62 bits per heavy atom. The van der Waals surface area contributed by atoms with Gasteiger partial charge in [0.1, 0.15) is 0 Å². The van der Waals surface area contributed by atoms with Crippen LogP contribution in [0.25, 0.3) is 0 Å². The molecule has 0 radical (unpaired) electrons. The van der Waals surface area contributed by atoms with Crippen molar-refractivity contribution >= 4 is 17.7 Å². The molecule has 2 rings (SSSR count). The molecular formula is C17H20N2OS. The van der Waals surface area contributed by atoms with E-state index in [9.17, 15) is 4.79 Å². The second-order valence-electron chi connectivity index (χ2n) is 4.60. The van der Waals surface area contributed by atoms with Crippen LogP contribution in [0.15, 0.2) is 65.6 Å². The van der Waals surface area contributed by atoms with Crippen LogP contribution >= 0.6 is 11.8 Å². The van der Waals surface area contributed by atoms with Crippen molar-refractivity contribution in [3.05, 3.63) is 66.2 Å². The molecule has 0 bridgehead atoms. The fourth-order valence-electron chi connectivity index (χ4n) is 1.82. The van der Waals surface area contributed by atoms with E-state index < -0.39 is 0 Å². The molecule has 4 heteroatoms. The monoisotopic (exact) mass is 300 g/mol. The SMILES string of the molecule is O=C(CNCCSc1ccccc1)NCc1ccccc1. The maximum absolute atomic E-state index is 11.7. The molecule has 0 atom stereocenters. The Bertz CT molecular complexity index is 531. The van der Waals surface area contributed by atoms with Crippen LogP contribution in [0.3, 0.4) is 0 Å². The molecule has 0 aliphatic heterocycles. The smallest absolute Gasteiger partial charge is 0.234 e. The van der Waals surface area contributed by atoms with Crippen molar-refractivity contribution in [2.24, 2.45) is 0 Å². The van der Waals surface area contributed by atoms with Gasteiger partial charge in [-0.3, -0.25) is 4.79 Å². The summed E-state index contributed by atoms with van der Waals surface area (Å²) in [6.45, 7) is 1.76. The molecule has 0 saturated carbocycles. The molecule has 0 aromatic heterocycles. The second-order valence-corrected chi connectivity index (χ2v) is 5.77. The summed E-state index contributed by atoms with van der Waals surface area (Å²) in [5, 5.41) is 6.06. The standard InChI is InChI=1S/C17H20N2OS/c20-17(19-13-15-7-3-1-4-8-15)14-18-11-12-21-16-9-5-2-6-10-16/h1-10,18H,11-14H2,(H,19,20). The van der Waals surface area contributed by atoms with Crippen LogP contribution in [-0.4, -0.2) is 24.7 Å². The summed E-state index contributed by atoms with van der Waals surface area (Å²) < 4.78 is 0. The lowest BCUT2D eigenvalue weighted by atomic mass is 10.2. The highest BCUT2D eigenvalue weighted by atomic mass is 32.2. The van der Waals surface area contributed by atoms with Crippen LogP contribution in [0, 0.1) is 0 Å². The number of nitrogens with one attached hydrogen (secondary N) is 2. The lowest BCUT2D eigenvalue weighted by molar-refractivity contribution is -0.120. The number of carbonyl (C=O) groups excluding carboxylic acids is 1. The molecular weight excluding hydrogens is 280 g/mol. The van der Waals surface area contributed by atoms with E-state index in [1.165, 1.54) is 4.90 Å². The summed E-state index contributed by atoms with van der Waals surface area (Å²) in [5.74, 6) is 0.985. The lowest BCUT2D eigenvalue weighted by Gasteiger charge is -2.07. The van der Waals surface area contributed by atoms with Gasteiger partial charge in [-0.25, -0.2) is 0 Å². The largest absolute Gasteiger partial charge is 0.351 e. The van der Waals surface area contributed by atoms with Crippen molar-refractivity contribution in [2.45, 2.75) is 11.4 Å². The summed E-state index contributed by atoms with van der Waals surface area (Å²) in [6.07, 6.45) is 0. The minimum atomic E-state index is 0.0311. The minimum Gasteiger partial charge on any atom is -0.351 e. The van der Waals surface area contributed by atoms with Crippen LogP contribution < -0.4 is 10.6 Å². The fraction of sp³-hybridized carbons (Fsp3) is 0.235. The predicted molar refractivity (Wildman–Crippen MR) is 88.3 cm³/mol. The van der Waals surface area contributed by atoms with E-state index in [2.05, 4.69) is 22.8 Å². The summed E-state index contributed by atoms with van der Waals surface area (Å²) in [7, 11) is 0. The van der Waals surface area contributed by atoms with Gasteiger partial charge in [0.15, 0.2) is 0 Å². The van der Waals surface area contributed by atoms with E-state index in [0.29, 0.717) is 13.1 Å². The van der Waals surface area contributed by atoms with Crippen molar-refractivity contribution < 1.29 is 4.79 Å². The molecule has 0 saturated heterocycles. The Kier molecular flexibility index (Phi) is 6.84. The maximum atomic E-state index is 11.7. The first-order valence-electron chi connectivity index (χ1n) is 7.04. The third-order valence-corrected chi connectivity index (χ3v) is 3.92. The first kappa shape index (κ1) is 15.6. The zero-order valence-electron chi connectivity index (χ0n) is 11.9. The molecule has 3 nitrogen and oxygen atoms in total. The normalized spacial score (nSPS) is 10.3. The Balaban J connectivity index is 1.53. The quantitative estimate of drug-likeness (QED) is 0.582. The number of rotatable bonds is 8. The predicted octanol–water partition coefficient (Wildman–Crippen LogP) is 2.68. The molecule has 2 aromatic carbocycles. The molecule has 2 aromatic rings. The van der Waals surface area contributed by atoms with E-state index in [0.717, 1.165) is 17.9 Å². The van der Waals surface area contributed by atoms with Crippen LogP contribution in [0.2, 0.25) is 0 Å². The summed E-state index contributed by atoms with van der Waals surface area (Å²) >= 11 is 1.79. The topological polar surface area (TPSA) is 41.1 Å². The number of benzene rings is 2. The van der Waals surface area contributed by atoms with Gasteiger partial charge in [0.25, 0.3) is 0 Å². The Hall–Kier alpha value is -1.78. The molecule has 0 unspecified atom stereocenters. The molecule has 110 valence electrons. The van der Waals surface area contributed by atoms with Gasteiger partial charge in [-0.05, 0) is 17.7 Å². The van der Waals surface area contributed by atoms with Crippen molar-refractivity contribution in [2.75, 3.05) is 18.8 Å². The Morgan fingerprint density at radius 1 is 0.952 bits per heavy atom. The first-order valence-corrected chi connectivity index (χ1v) is 8.02. The molecule has 0 heterocycles. The molecule has 0 fully saturated rings. The van der Waals surface area contributed by atoms with Gasteiger partial charge in [-0.15, -0.1) is 11.8 Å². The zero-order valence-corrected chi connectivity index (χ0v) is 12.7. The number of amides is 1. The van der Waals surface area contributed by atoms with Gasteiger partial charge >= 0.3 is 0 Å². The highest BCUT2D eigenvalue weighted by Gasteiger charge is 2.00. The van der Waals surface area contributed by atoms with Crippen LogP contribution in [-0.2, 0) is 11.3 Å². The number of hydrogen-bond donors (Lipinski definition) is 2. The Morgan fingerprint density at radius 3 is 2.33 bits per heavy atom. The highest BCUT2D eigenvalue weighted by Crippen LogP contribution is 2.15. The van der Waals surface area contributed by atoms with E-state index in [4.69, 9.17) is 0 Å². The maximum Gasteiger partial charge on any atom is 0.234 e. The fourth-order valence-corrected chi connectivity index (χ4v) is 2.65. The van der Waals surface area contributed by atoms with E-state index in [1.807, 2.05) is 48.5 Å². The second kappa shape index (κ2) is 9.21. The van der Waals surface area contributed by atoms with E-state index in [-0.39, 0.29) is 5.91 Å².